The number of rotatable bonds is 8. The lowest BCUT2D eigenvalue weighted by Crippen LogP contribution is -2.24. The number of hydrogen-bond acceptors (Lipinski definition) is 4. The van der Waals surface area contributed by atoms with Crippen LogP contribution in [0.25, 0.3) is 0 Å². The summed E-state index contributed by atoms with van der Waals surface area (Å²) in [5, 5.41) is 3.43. The van der Waals surface area contributed by atoms with Crippen LogP contribution in [0.3, 0.4) is 0 Å². The maximum Gasteiger partial charge on any atom is 0.147 e. The molecular weight excluding hydrogens is 408 g/mol. The minimum atomic E-state index is -2.91. The molecule has 0 fully saturated rings. The molecule has 1 heterocycles. The summed E-state index contributed by atoms with van der Waals surface area (Å²) in [6.45, 7) is 2.98. The van der Waals surface area contributed by atoms with Gasteiger partial charge in [0.2, 0.25) is 0 Å². The Morgan fingerprint density at radius 3 is 2.65 bits per heavy atom. The Labute approximate surface area is 137 Å². The number of nitrogens with zero attached hydrogens (tertiary/aromatic N) is 1. The van der Waals surface area contributed by atoms with Gasteiger partial charge in [-0.2, -0.15) is 0 Å². The van der Waals surface area contributed by atoms with E-state index in [4.69, 9.17) is 0 Å². The molecule has 1 aromatic heterocycles. The third-order valence-corrected chi connectivity index (χ3v) is 4.91. The summed E-state index contributed by atoms with van der Waals surface area (Å²) in [5.74, 6) is 0.214. The highest BCUT2D eigenvalue weighted by atomic mass is 79.9. The van der Waals surface area contributed by atoms with E-state index in [0.29, 0.717) is 6.42 Å². The lowest BCUT2D eigenvalue weighted by Gasteiger charge is -2.19. The van der Waals surface area contributed by atoms with Crippen LogP contribution in [0.4, 0.5) is 0 Å². The minimum Gasteiger partial charge on any atom is -0.309 e. The summed E-state index contributed by atoms with van der Waals surface area (Å²) in [5.41, 5.74) is 0.926. The Balaban J connectivity index is 2.77. The first kappa shape index (κ1) is 18.1. The van der Waals surface area contributed by atoms with Crippen LogP contribution in [-0.4, -0.2) is 32.0 Å². The van der Waals surface area contributed by atoms with Gasteiger partial charge in [-0.25, -0.2) is 8.42 Å². The van der Waals surface area contributed by atoms with Gasteiger partial charge in [0.05, 0.1) is 11.7 Å². The number of pyridine rings is 1. The normalized spacial score (nSPS) is 13.4. The van der Waals surface area contributed by atoms with Crippen molar-refractivity contribution in [2.45, 2.75) is 32.2 Å². The lowest BCUT2D eigenvalue weighted by molar-refractivity contribution is 0.481. The maximum atomic E-state index is 11.2. The molecule has 7 heteroatoms. The molecule has 0 saturated carbocycles. The number of sulfone groups is 1. The van der Waals surface area contributed by atoms with Crippen LogP contribution in [0.1, 0.15) is 37.9 Å². The van der Waals surface area contributed by atoms with Gasteiger partial charge in [-0.05, 0) is 63.7 Å². The van der Waals surface area contributed by atoms with Gasteiger partial charge in [0.1, 0.15) is 9.84 Å². The Morgan fingerprint density at radius 2 is 2.10 bits per heavy atom. The molecule has 0 saturated heterocycles. The van der Waals surface area contributed by atoms with Crippen LogP contribution in [0.15, 0.2) is 21.2 Å². The fourth-order valence-corrected chi connectivity index (χ4v) is 3.84. The second-order valence-electron chi connectivity index (χ2n) is 4.80. The monoisotopic (exact) mass is 426 g/mol. The SMILES string of the molecule is CCCNC(CCCS(C)(=O)=O)c1ncc(Br)cc1Br. The molecule has 20 heavy (non-hydrogen) atoms. The minimum absolute atomic E-state index is 0.0687. The quantitative estimate of drug-likeness (QED) is 0.689. The summed E-state index contributed by atoms with van der Waals surface area (Å²) in [6.07, 6.45) is 5.44. The average molecular weight is 428 g/mol. The average Bonchev–Trinajstić information content (AvgIpc) is 2.33. The van der Waals surface area contributed by atoms with Gasteiger partial charge in [0.25, 0.3) is 0 Å². The van der Waals surface area contributed by atoms with E-state index in [2.05, 4.69) is 49.1 Å². The first-order valence-electron chi connectivity index (χ1n) is 6.55. The zero-order valence-electron chi connectivity index (χ0n) is 11.7. The smallest absolute Gasteiger partial charge is 0.147 e. The molecule has 0 radical (unpaired) electrons. The van der Waals surface area contributed by atoms with Crippen molar-refractivity contribution in [2.75, 3.05) is 18.6 Å². The van der Waals surface area contributed by atoms with E-state index in [-0.39, 0.29) is 11.8 Å². The molecule has 0 aliphatic rings. The molecule has 1 unspecified atom stereocenters. The molecule has 1 N–H and O–H groups in total. The zero-order valence-corrected chi connectivity index (χ0v) is 15.7. The summed E-state index contributed by atoms with van der Waals surface area (Å²) in [4.78, 5) is 4.44. The first-order chi connectivity index (χ1) is 9.33. The molecule has 0 amide bonds. The van der Waals surface area contributed by atoms with Crippen LogP contribution < -0.4 is 5.32 Å². The van der Waals surface area contributed by atoms with E-state index in [0.717, 1.165) is 34.0 Å². The van der Waals surface area contributed by atoms with Crippen molar-refractivity contribution < 1.29 is 8.42 Å². The van der Waals surface area contributed by atoms with Crippen molar-refractivity contribution in [1.29, 1.82) is 0 Å². The van der Waals surface area contributed by atoms with Crippen molar-refractivity contribution in [1.82, 2.24) is 10.3 Å². The third kappa shape index (κ3) is 6.65. The summed E-state index contributed by atoms with van der Waals surface area (Å²) >= 11 is 6.90. The number of nitrogens with one attached hydrogen (secondary N) is 1. The second-order valence-corrected chi connectivity index (χ2v) is 8.83. The maximum absolute atomic E-state index is 11.2. The Bertz CT molecular complexity index is 535. The fourth-order valence-electron chi connectivity index (χ4n) is 1.89. The van der Waals surface area contributed by atoms with Crippen LogP contribution in [-0.2, 0) is 9.84 Å². The van der Waals surface area contributed by atoms with Crippen molar-refractivity contribution in [3.8, 4) is 0 Å². The van der Waals surface area contributed by atoms with Crippen LogP contribution >= 0.6 is 31.9 Å². The molecule has 0 aliphatic heterocycles. The fraction of sp³-hybridized carbons (Fsp3) is 0.615. The van der Waals surface area contributed by atoms with Gasteiger partial charge in [-0.15, -0.1) is 0 Å². The van der Waals surface area contributed by atoms with Crippen LogP contribution in [0.5, 0.6) is 0 Å². The highest BCUT2D eigenvalue weighted by molar-refractivity contribution is 9.11. The van der Waals surface area contributed by atoms with Gasteiger partial charge in [0.15, 0.2) is 0 Å². The van der Waals surface area contributed by atoms with Crippen molar-refractivity contribution in [2.24, 2.45) is 0 Å². The van der Waals surface area contributed by atoms with Gasteiger partial charge < -0.3 is 5.32 Å². The predicted octanol–water partition coefficient (Wildman–Crippen LogP) is 3.47. The van der Waals surface area contributed by atoms with Gasteiger partial charge >= 0.3 is 0 Å². The Hall–Kier alpha value is 0.0200. The van der Waals surface area contributed by atoms with Gasteiger partial charge in [-0.1, -0.05) is 6.92 Å². The Kier molecular flexibility index (Phi) is 7.64. The topological polar surface area (TPSA) is 59.1 Å². The number of halogens is 2. The summed E-state index contributed by atoms with van der Waals surface area (Å²) < 4.78 is 24.3. The molecule has 1 atom stereocenters. The van der Waals surface area contributed by atoms with Crippen LogP contribution in [0.2, 0.25) is 0 Å². The van der Waals surface area contributed by atoms with E-state index in [1.807, 2.05) is 6.07 Å². The molecule has 1 rings (SSSR count). The molecule has 4 nitrogen and oxygen atoms in total. The van der Waals surface area contributed by atoms with Crippen molar-refractivity contribution >= 4 is 41.7 Å². The molecule has 0 bridgehead atoms. The van der Waals surface area contributed by atoms with E-state index >= 15 is 0 Å². The zero-order chi connectivity index (χ0) is 15.2. The summed E-state index contributed by atoms with van der Waals surface area (Å²) in [6, 6.07) is 2.03. The predicted molar refractivity (Wildman–Crippen MR) is 89.6 cm³/mol. The number of hydrogen-bond donors (Lipinski definition) is 1. The molecule has 1 aromatic rings. The third-order valence-electron chi connectivity index (χ3n) is 2.82. The molecule has 0 spiro atoms. The second kappa shape index (κ2) is 8.46. The highest BCUT2D eigenvalue weighted by Crippen LogP contribution is 2.27. The Morgan fingerprint density at radius 1 is 1.40 bits per heavy atom. The summed E-state index contributed by atoms with van der Waals surface area (Å²) in [7, 11) is -2.91. The standard InChI is InChI=1S/C13H20Br2N2O2S/c1-3-6-16-12(5-4-7-20(2,18)19)13-11(15)8-10(14)9-17-13/h8-9,12,16H,3-7H2,1-2H3. The highest BCUT2D eigenvalue weighted by Gasteiger charge is 2.16. The van der Waals surface area contributed by atoms with E-state index in [9.17, 15) is 8.42 Å². The van der Waals surface area contributed by atoms with E-state index in [1.165, 1.54) is 6.26 Å². The molecular formula is C13H20Br2N2O2S. The molecule has 0 aliphatic carbocycles. The van der Waals surface area contributed by atoms with Crippen LogP contribution in [0, 0.1) is 0 Å². The van der Waals surface area contributed by atoms with E-state index < -0.39 is 9.84 Å². The lowest BCUT2D eigenvalue weighted by atomic mass is 10.1. The largest absolute Gasteiger partial charge is 0.309 e. The number of aromatic nitrogens is 1. The van der Waals surface area contributed by atoms with E-state index in [1.54, 1.807) is 6.20 Å². The molecule has 114 valence electrons. The van der Waals surface area contributed by atoms with Gasteiger partial charge in [0, 0.05) is 27.2 Å². The molecule has 0 aromatic carbocycles. The van der Waals surface area contributed by atoms with Gasteiger partial charge in [-0.3, -0.25) is 4.98 Å². The van der Waals surface area contributed by atoms with Crippen molar-refractivity contribution in [3.63, 3.8) is 0 Å². The first-order valence-corrected chi connectivity index (χ1v) is 10.2. The van der Waals surface area contributed by atoms with Crippen molar-refractivity contribution in [3.05, 3.63) is 26.9 Å².